The van der Waals surface area contributed by atoms with Gasteiger partial charge in [-0.3, -0.25) is 9.78 Å². The molecule has 0 radical (unpaired) electrons. The van der Waals surface area contributed by atoms with E-state index in [9.17, 15) is 14.0 Å². The molecule has 0 N–H and O–H groups in total. The zero-order chi connectivity index (χ0) is 31.2. The molecule has 1 atom stereocenters. The molecular formula is C31H31F3N6O3. The van der Waals surface area contributed by atoms with Gasteiger partial charge in [-0.05, 0) is 49.6 Å². The van der Waals surface area contributed by atoms with E-state index in [1.165, 1.54) is 17.8 Å². The number of aryl methyl sites for hydroxylation is 1. The van der Waals surface area contributed by atoms with Gasteiger partial charge in [-0.2, -0.15) is 4.98 Å². The molecule has 0 saturated carbocycles. The summed E-state index contributed by atoms with van der Waals surface area (Å²) in [6, 6.07) is 4.22. The molecule has 9 nitrogen and oxygen atoms in total. The largest absolute Gasteiger partial charge is 0.494 e. The lowest BCUT2D eigenvalue weighted by Gasteiger charge is -2.40. The van der Waals surface area contributed by atoms with Gasteiger partial charge >= 0.3 is 5.69 Å². The maximum Gasteiger partial charge on any atom is 0.355 e. The molecule has 4 heterocycles. The molecule has 5 rings (SSSR count). The molecule has 1 saturated heterocycles. The Morgan fingerprint density at radius 2 is 1.86 bits per heavy atom. The highest BCUT2D eigenvalue weighted by Gasteiger charge is 2.31. The number of fused-ring (bicyclic) bond motifs is 1. The Hall–Kier alpha value is -4.74. The minimum absolute atomic E-state index is 0.0175. The Balaban J connectivity index is 1.83. The van der Waals surface area contributed by atoms with Crippen molar-refractivity contribution in [1.82, 2.24) is 24.4 Å². The van der Waals surface area contributed by atoms with Crippen LogP contribution in [0.4, 0.5) is 19.0 Å². The van der Waals surface area contributed by atoms with Crippen molar-refractivity contribution in [3.8, 4) is 22.7 Å². The molecule has 1 aliphatic heterocycles. The van der Waals surface area contributed by atoms with Crippen molar-refractivity contribution in [3.05, 3.63) is 82.3 Å². The monoisotopic (exact) mass is 592 g/mol. The fourth-order valence-electron chi connectivity index (χ4n) is 5.47. The number of hydrogen-bond donors (Lipinski definition) is 0. The average molecular weight is 593 g/mol. The second-order valence-electron chi connectivity index (χ2n) is 10.8. The Kier molecular flexibility index (Phi) is 7.96. The molecule has 1 amide bonds. The van der Waals surface area contributed by atoms with Crippen LogP contribution in [0.3, 0.4) is 0 Å². The summed E-state index contributed by atoms with van der Waals surface area (Å²) in [5, 5.41) is 0.198. The first-order chi connectivity index (χ1) is 20.5. The lowest BCUT2D eigenvalue weighted by atomic mass is 10.0. The van der Waals surface area contributed by atoms with E-state index in [-0.39, 0.29) is 46.0 Å². The number of halogens is 3. The summed E-state index contributed by atoms with van der Waals surface area (Å²) in [5.74, 6) is -3.36. The first kappa shape index (κ1) is 29.7. The van der Waals surface area contributed by atoms with Crippen LogP contribution < -0.4 is 15.3 Å². The van der Waals surface area contributed by atoms with Crippen LogP contribution in [0.1, 0.15) is 37.9 Å². The number of pyridine rings is 2. The van der Waals surface area contributed by atoms with Crippen molar-refractivity contribution in [1.29, 1.82) is 0 Å². The molecule has 0 bridgehead atoms. The highest BCUT2D eigenvalue weighted by atomic mass is 19.1. The van der Waals surface area contributed by atoms with Gasteiger partial charge in [0, 0.05) is 43.5 Å². The van der Waals surface area contributed by atoms with Gasteiger partial charge < -0.3 is 14.5 Å². The molecule has 3 aromatic heterocycles. The average Bonchev–Trinajstić information content (AvgIpc) is 2.97. The van der Waals surface area contributed by atoms with E-state index >= 15 is 8.78 Å². The minimum Gasteiger partial charge on any atom is -0.494 e. The van der Waals surface area contributed by atoms with Crippen LogP contribution in [0.15, 0.2) is 47.9 Å². The van der Waals surface area contributed by atoms with Gasteiger partial charge in [0.1, 0.15) is 23.1 Å². The van der Waals surface area contributed by atoms with Gasteiger partial charge in [-0.15, -0.1) is 0 Å². The van der Waals surface area contributed by atoms with Crippen LogP contribution in [0.5, 0.6) is 5.75 Å². The van der Waals surface area contributed by atoms with Crippen molar-refractivity contribution in [3.63, 3.8) is 0 Å². The standard InChI is InChI=1S/C31H31F3N6O3/c1-7-25(41)38-10-11-39(18(5)15-38)29-20-12-23(34)27(19-13-24(43-6)22(33)14-21(19)32)36-30(20)40(31(42)37-29)28-17(4)8-9-35-26(28)16(2)3/h7-9,12-14,16,18H,1,10-11,15H2,2-6H3/t18-/m0/s1. The van der Waals surface area contributed by atoms with E-state index in [2.05, 4.69) is 21.5 Å². The van der Waals surface area contributed by atoms with Crippen LogP contribution in [0.25, 0.3) is 28.0 Å². The summed E-state index contributed by atoms with van der Waals surface area (Å²) >= 11 is 0. The fraction of sp³-hybridized carbons (Fsp3) is 0.323. The van der Waals surface area contributed by atoms with E-state index in [1.807, 2.05) is 32.6 Å². The highest BCUT2D eigenvalue weighted by molar-refractivity contribution is 5.91. The molecule has 1 fully saturated rings. The molecule has 0 spiro atoms. The normalized spacial score (nSPS) is 15.3. The summed E-state index contributed by atoms with van der Waals surface area (Å²) in [4.78, 5) is 43.1. The molecule has 1 aliphatic rings. The number of benzene rings is 1. The van der Waals surface area contributed by atoms with E-state index < -0.39 is 28.8 Å². The molecule has 224 valence electrons. The Morgan fingerprint density at radius 1 is 1.12 bits per heavy atom. The van der Waals surface area contributed by atoms with Crippen molar-refractivity contribution >= 4 is 22.8 Å². The maximum absolute atomic E-state index is 15.9. The third kappa shape index (κ3) is 5.21. The Bertz CT molecular complexity index is 1820. The van der Waals surface area contributed by atoms with Crippen LogP contribution in [-0.4, -0.2) is 63.1 Å². The lowest BCUT2D eigenvalue weighted by Crippen LogP contribution is -2.54. The third-order valence-corrected chi connectivity index (χ3v) is 7.61. The first-order valence-electron chi connectivity index (χ1n) is 13.8. The number of nitrogens with zero attached hydrogens (tertiary/aromatic N) is 6. The quantitative estimate of drug-likeness (QED) is 0.294. The van der Waals surface area contributed by atoms with E-state index in [4.69, 9.17) is 4.74 Å². The van der Waals surface area contributed by atoms with E-state index in [0.717, 1.165) is 12.1 Å². The Morgan fingerprint density at radius 3 is 2.51 bits per heavy atom. The van der Waals surface area contributed by atoms with Crippen molar-refractivity contribution < 1.29 is 22.7 Å². The van der Waals surface area contributed by atoms with Gasteiger partial charge in [-0.25, -0.2) is 27.5 Å². The number of aromatic nitrogens is 4. The number of carbonyl (C=O) groups is 1. The summed E-state index contributed by atoms with van der Waals surface area (Å²) in [5.41, 5.74) is 0.267. The van der Waals surface area contributed by atoms with Crippen molar-refractivity contribution in [2.24, 2.45) is 0 Å². The van der Waals surface area contributed by atoms with Crippen LogP contribution in [0.2, 0.25) is 0 Å². The van der Waals surface area contributed by atoms with Gasteiger partial charge in [0.25, 0.3) is 0 Å². The van der Waals surface area contributed by atoms with Crippen LogP contribution >= 0.6 is 0 Å². The fourth-order valence-corrected chi connectivity index (χ4v) is 5.47. The molecule has 0 aliphatic carbocycles. The smallest absolute Gasteiger partial charge is 0.355 e. The van der Waals surface area contributed by atoms with Gasteiger partial charge in [0.05, 0.1) is 23.9 Å². The molecule has 43 heavy (non-hydrogen) atoms. The zero-order valence-electron chi connectivity index (χ0n) is 24.5. The lowest BCUT2D eigenvalue weighted by molar-refractivity contribution is -0.126. The van der Waals surface area contributed by atoms with Crippen molar-refractivity contribution in [2.45, 2.75) is 39.7 Å². The van der Waals surface area contributed by atoms with E-state index in [0.29, 0.717) is 42.6 Å². The molecule has 4 aromatic rings. The van der Waals surface area contributed by atoms with Crippen LogP contribution in [0, 0.1) is 24.4 Å². The number of methoxy groups -OCH3 is 1. The first-order valence-corrected chi connectivity index (χ1v) is 13.8. The number of hydrogen-bond acceptors (Lipinski definition) is 7. The number of rotatable bonds is 6. The van der Waals surface area contributed by atoms with E-state index in [1.54, 1.807) is 17.2 Å². The predicted octanol–water partition coefficient (Wildman–Crippen LogP) is 4.92. The Labute approximate surface area is 246 Å². The minimum atomic E-state index is -1.05. The highest BCUT2D eigenvalue weighted by Crippen LogP contribution is 2.35. The molecule has 12 heteroatoms. The summed E-state index contributed by atoms with van der Waals surface area (Å²) < 4.78 is 51.5. The zero-order valence-corrected chi connectivity index (χ0v) is 24.5. The number of anilines is 1. The second-order valence-corrected chi connectivity index (χ2v) is 10.8. The summed E-state index contributed by atoms with van der Waals surface area (Å²) in [6.07, 6.45) is 2.87. The number of carbonyl (C=O) groups excluding carboxylic acids is 1. The topological polar surface area (TPSA) is 93.5 Å². The number of piperazine rings is 1. The van der Waals surface area contributed by atoms with Crippen LogP contribution in [-0.2, 0) is 4.79 Å². The maximum atomic E-state index is 15.9. The van der Waals surface area contributed by atoms with Gasteiger partial charge in [-0.1, -0.05) is 20.4 Å². The summed E-state index contributed by atoms with van der Waals surface area (Å²) in [6.45, 7) is 12.0. The third-order valence-electron chi connectivity index (χ3n) is 7.61. The number of amides is 1. The summed E-state index contributed by atoms with van der Waals surface area (Å²) in [7, 11) is 1.21. The molecular weight excluding hydrogens is 561 g/mol. The van der Waals surface area contributed by atoms with Crippen molar-refractivity contribution in [2.75, 3.05) is 31.6 Å². The van der Waals surface area contributed by atoms with Gasteiger partial charge in [0.15, 0.2) is 17.2 Å². The molecule has 1 aromatic carbocycles. The second kappa shape index (κ2) is 11.5. The number of ether oxygens (including phenoxy) is 1. The predicted molar refractivity (Wildman–Crippen MR) is 157 cm³/mol. The van der Waals surface area contributed by atoms with Gasteiger partial charge in [0.2, 0.25) is 5.91 Å². The molecule has 0 unspecified atom stereocenters. The SMILES string of the molecule is C=CC(=O)N1CCN(c2nc(=O)n(-c3c(C)ccnc3C(C)C)c3nc(-c4cc(OC)c(F)cc4F)c(F)cc23)[C@@H](C)C1.